The Morgan fingerprint density at radius 3 is 2.16 bits per heavy atom. The van der Waals surface area contributed by atoms with Gasteiger partial charge >= 0.3 is 0 Å². The topological polar surface area (TPSA) is 68.3 Å². The van der Waals surface area contributed by atoms with Gasteiger partial charge in [-0.2, -0.15) is 0 Å². The smallest absolute Gasteiger partial charge is 0.263 e. The highest BCUT2D eigenvalue weighted by Crippen LogP contribution is 2.28. The maximum Gasteiger partial charge on any atom is 0.263 e. The molecule has 7 nitrogen and oxygen atoms in total. The van der Waals surface area contributed by atoms with Crippen molar-refractivity contribution in [2.45, 2.75) is 19.4 Å². The Morgan fingerprint density at radius 1 is 0.935 bits per heavy atom. The first-order chi connectivity index (χ1) is 14.9. The number of carbonyl (C=O) groups excluding carboxylic acids is 2. The van der Waals surface area contributed by atoms with Crippen molar-refractivity contribution >= 4 is 23.4 Å². The highest BCUT2D eigenvalue weighted by molar-refractivity contribution is 6.30. The largest absolute Gasteiger partial charge is 0.493 e. The second-order valence-electron chi connectivity index (χ2n) is 7.29. The number of carbonyl (C=O) groups is 2. The normalized spacial score (nSPS) is 14.7. The fourth-order valence-electron chi connectivity index (χ4n) is 3.48. The molecule has 0 bridgehead atoms. The lowest BCUT2D eigenvalue weighted by Crippen LogP contribution is -2.53. The zero-order valence-electron chi connectivity index (χ0n) is 18.0. The van der Waals surface area contributed by atoms with Gasteiger partial charge in [0.05, 0.1) is 20.6 Å². The van der Waals surface area contributed by atoms with Crippen molar-refractivity contribution in [3.63, 3.8) is 0 Å². The number of piperazine rings is 1. The first-order valence-electron chi connectivity index (χ1n) is 10.1. The van der Waals surface area contributed by atoms with E-state index in [1.165, 1.54) is 0 Å². The van der Waals surface area contributed by atoms with Crippen molar-refractivity contribution in [2.24, 2.45) is 0 Å². The Labute approximate surface area is 187 Å². The van der Waals surface area contributed by atoms with Gasteiger partial charge in [-0.1, -0.05) is 17.7 Å². The number of hydrogen-bond donors (Lipinski definition) is 0. The molecule has 1 unspecified atom stereocenters. The Balaban J connectivity index is 1.50. The SMILES string of the molecule is COc1ccc(CC(=O)N2CCN(C(=O)C(C)Oc3ccc(Cl)cc3)CC2)cc1OC. The summed E-state index contributed by atoms with van der Waals surface area (Å²) in [4.78, 5) is 28.9. The number of rotatable bonds is 7. The van der Waals surface area contributed by atoms with Crippen LogP contribution in [-0.4, -0.2) is 68.1 Å². The molecule has 8 heteroatoms. The molecule has 2 aromatic carbocycles. The summed E-state index contributed by atoms with van der Waals surface area (Å²) in [6.07, 6.45) is -0.347. The molecule has 31 heavy (non-hydrogen) atoms. The molecule has 0 N–H and O–H groups in total. The second kappa shape index (κ2) is 10.4. The highest BCUT2D eigenvalue weighted by Gasteiger charge is 2.28. The minimum absolute atomic E-state index is 0.0183. The molecule has 0 radical (unpaired) electrons. The molecule has 1 saturated heterocycles. The van der Waals surface area contributed by atoms with E-state index in [1.54, 1.807) is 61.3 Å². The van der Waals surface area contributed by atoms with E-state index in [1.807, 2.05) is 12.1 Å². The lowest BCUT2D eigenvalue weighted by Gasteiger charge is -2.36. The van der Waals surface area contributed by atoms with Crippen molar-refractivity contribution in [1.29, 1.82) is 0 Å². The molecule has 1 aliphatic heterocycles. The van der Waals surface area contributed by atoms with E-state index in [0.29, 0.717) is 48.5 Å². The lowest BCUT2D eigenvalue weighted by molar-refractivity contribution is -0.143. The van der Waals surface area contributed by atoms with Gasteiger partial charge in [0.15, 0.2) is 17.6 Å². The van der Waals surface area contributed by atoms with Crippen LogP contribution >= 0.6 is 11.6 Å². The van der Waals surface area contributed by atoms with Gasteiger partial charge in [-0.05, 0) is 48.9 Å². The predicted molar refractivity (Wildman–Crippen MR) is 118 cm³/mol. The molecule has 0 saturated carbocycles. The van der Waals surface area contributed by atoms with Crippen molar-refractivity contribution in [3.8, 4) is 17.2 Å². The molecule has 1 atom stereocenters. The summed E-state index contributed by atoms with van der Waals surface area (Å²) in [5, 5.41) is 0.611. The molecule has 0 spiro atoms. The zero-order chi connectivity index (χ0) is 22.4. The quantitative estimate of drug-likeness (QED) is 0.654. The molecule has 2 aromatic rings. The van der Waals surface area contributed by atoms with Crippen LogP contribution in [0.5, 0.6) is 17.2 Å². The predicted octanol–water partition coefficient (Wildman–Crippen LogP) is 3.04. The molecule has 1 heterocycles. The summed E-state index contributed by atoms with van der Waals surface area (Å²) in [7, 11) is 3.14. The minimum Gasteiger partial charge on any atom is -0.493 e. The Bertz CT molecular complexity index is 911. The van der Waals surface area contributed by atoms with Gasteiger partial charge in [-0.3, -0.25) is 9.59 Å². The third-order valence-corrected chi connectivity index (χ3v) is 5.47. The minimum atomic E-state index is -0.616. The molecule has 0 aromatic heterocycles. The number of amides is 2. The maximum atomic E-state index is 12.7. The monoisotopic (exact) mass is 446 g/mol. The summed E-state index contributed by atoms with van der Waals surface area (Å²) in [6.45, 7) is 3.66. The molecule has 166 valence electrons. The van der Waals surface area contributed by atoms with E-state index in [-0.39, 0.29) is 18.2 Å². The van der Waals surface area contributed by atoms with Crippen LogP contribution in [0.25, 0.3) is 0 Å². The molecule has 2 amide bonds. The average Bonchev–Trinajstić information content (AvgIpc) is 2.80. The molecule has 1 aliphatic rings. The average molecular weight is 447 g/mol. The van der Waals surface area contributed by atoms with Crippen LogP contribution in [0, 0.1) is 0 Å². The van der Waals surface area contributed by atoms with E-state index in [4.69, 9.17) is 25.8 Å². The van der Waals surface area contributed by atoms with Crippen LogP contribution in [-0.2, 0) is 16.0 Å². The number of hydrogen-bond acceptors (Lipinski definition) is 5. The number of halogens is 1. The van der Waals surface area contributed by atoms with Crippen LogP contribution < -0.4 is 14.2 Å². The van der Waals surface area contributed by atoms with Gasteiger partial charge in [-0.15, -0.1) is 0 Å². The number of nitrogens with zero attached hydrogens (tertiary/aromatic N) is 2. The van der Waals surface area contributed by atoms with Gasteiger partial charge < -0.3 is 24.0 Å². The maximum absolute atomic E-state index is 12.7. The van der Waals surface area contributed by atoms with E-state index < -0.39 is 6.10 Å². The molecular weight excluding hydrogens is 420 g/mol. The van der Waals surface area contributed by atoms with E-state index in [9.17, 15) is 9.59 Å². The molecular formula is C23H27ClN2O5. The second-order valence-corrected chi connectivity index (χ2v) is 7.72. The summed E-state index contributed by atoms with van der Waals surface area (Å²) >= 11 is 5.88. The van der Waals surface area contributed by atoms with Gasteiger partial charge in [0.2, 0.25) is 5.91 Å². The molecule has 3 rings (SSSR count). The summed E-state index contributed by atoms with van der Waals surface area (Å²) in [6, 6.07) is 12.4. The van der Waals surface area contributed by atoms with Crippen LogP contribution in [0.15, 0.2) is 42.5 Å². The van der Waals surface area contributed by atoms with E-state index in [0.717, 1.165) is 5.56 Å². The first kappa shape index (κ1) is 22.7. The number of ether oxygens (including phenoxy) is 3. The van der Waals surface area contributed by atoms with Crippen molar-refractivity contribution in [1.82, 2.24) is 9.80 Å². The molecule has 1 fully saturated rings. The van der Waals surface area contributed by atoms with E-state index >= 15 is 0 Å². The Hall–Kier alpha value is -2.93. The van der Waals surface area contributed by atoms with Crippen LogP contribution in [0.2, 0.25) is 5.02 Å². The van der Waals surface area contributed by atoms with Gasteiger partial charge in [0, 0.05) is 31.2 Å². The van der Waals surface area contributed by atoms with Gasteiger partial charge in [0.1, 0.15) is 5.75 Å². The number of methoxy groups -OCH3 is 2. The Kier molecular flexibility index (Phi) is 7.63. The number of benzene rings is 2. The van der Waals surface area contributed by atoms with Crippen molar-refractivity contribution < 1.29 is 23.8 Å². The van der Waals surface area contributed by atoms with Crippen LogP contribution in [0.3, 0.4) is 0 Å². The summed E-state index contributed by atoms with van der Waals surface area (Å²) in [5.41, 5.74) is 0.853. The summed E-state index contributed by atoms with van der Waals surface area (Å²) in [5.74, 6) is 1.74. The molecule has 0 aliphatic carbocycles. The fourth-order valence-corrected chi connectivity index (χ4v) is 3.60. The van der Waals surface area contributed by atoms with Crippen LogP contribution in [0.1, 0.15) is 12.5 Å². The van der Waals surface area contributed by atoms with Gasteiger partial charge in [-0.25, -0.2) is 0 Å². The third kappa shape index (κ3) is 5.82. The fraction of sp³-hybridized carbons (Fsp3) is 0.391. The van der Waals surface area contributed by atoms with Crippen molar-refractivity contribution in [2.75, 3.05) is 40.4 Å². The zero-order valence-corrected chi connectivity index (χ0v) is 18.7. The third-order valence-electron chi connectivity index (χ3n) is 5.22. The van der Waals surface area contributed by atoms with Crippen molar-refractivity contribution in [3.05, 3.63) is 53.1 Å². The Morgan fingerprint density at radius 2 is 1.55 bits per heavy atom. The summed E-state index contributed by atoms with van der Waals surface area (Å²) < 4.78 is 16.3. The van der Waals surface area contributed by atoms with Crippen LogP contribution in [0.4, 0.5) is 0 Å². The van der Waals surface area contributed by atoms with E-state index in [2.05, 4.69) is 0 Å². The lowest BCUT2D eigenvalue weighted by atomic mass is 10.1. The highest BCUT2D eigenvalue weighted by atomic mass is 35.5. The first-order valence-corrected chi connectivity index (χ1v) is 10.5. The standard InChI is InChI=1S/C23H27ClN2O5/c1-16(31-19-7-5-18(24)6-8-19)23(28)26-12-10-25(11-13-26)22(27)15-17-4-9-20(29-2)21(14-17)30-3/h4-9,14,16H,10-13,15H2,1-3H3. The van der Waals surface area contributed by atoms with Gasteiger partial charge in [0.25, 0.3) is 5.91 Å².